The van der Waals surface area contributed by atoms with Crippen molar-refractivity contribution >= 4 is 5.91 Å². The van der Waals surface area contributed by atoms with Gasteiger partial charge in [0.15, 0.2) is 0 Å². The number of carbonyl (C=O) groups is 1. The van der Waals surface area contributed by atoms with Gasteiger partial charge in [0.2, 0.25) is 0 Å². The number of rotatable bonds is 8. The van der Waals surface area contributed by atoms with E-state index in [-0.39, 0.29) is 12.1 Å². The van der Waals surface area contributed by atoms with Gasteiger partial charge in [0.1, 0.15) is 5.75 Å². The van der Waals surface area contributed by atoms with Crippen LogP contribution in [0.3, 0.4) is 0 Å². The first-order valence-electron chi connectivity index (χ1n) is 10.3. The molecule has 1 aliphatic rings. The number of hydrogen-bond donors (Lipinski definition) is 0. The minimum atomic E-state index is -4.50. The molecule has 1 saturated heterocycles. The Labute approximate surface area is 180 Å². The first-order valence-corrected chi connectivity index (χ1v) is 10.3. The molecule has 0 spiro atoms. The average molecular weight is 436 g/mol. The van der Waals surface area contributed by atoms with E-state index in [1.807, 2.05) is 18.2 Å². The molecule has 5 nitrogen and oxygen atoms in total. The SMILES string of the molecule is COc1ccccc1CN(CCCN1CCOCC1)C(=O)c1cccc(C(F)(F)F)c1. The van der Waals surface area contributed by atoms with Gasteiger partial charge in [0.05, 0.1) is 25.9 Å². The van der Waals surface area contributed by atoms with E-state index in [0.717, 1.165) is 37.3 Å². The van der Waals surface area contributed by atoms with E-state index in [2.05, 4.69) is 4.90 Å². The van der Waals surface area contributed by atoms with Gasteiger partial charge in [-0.3, -0.25) is 9.69 Å². The lowest BCUT2D eigenvalue weighted by atomic mass is 10.1. The van der Waals surface area contributed by atoms with Crippen molar-refractivity contribution in [2.75, 3.05) is 46.5 Å². The Bertz CT molecular complexity index is 867. The van der Waals surface area contributed by atoms with Crippen LogP contribution in [0, 0.1) is 0 Å². The third kappa shape index (κ3) is 6.45. The predicted molar refractivity (Wildman–Crippen MR) is 111 cm³/mol. The van der Waals surface area contributed by atoms with Crippen LogP contribution in [0.5, 0.6) is 5.75 Å². The van der Waals surface area contributed by atoms with Crippen molar-refractivity contribution in [2.45, 2.75) is 19.1 Å². The minimum Gasteiger partial charge on any atom is -0.496 e. The quantitative estimate of drug-likeness (QED) is 0.626. The number of methoxy groups -OCH3 is 1. The van der Waals surface area contributed by atoms with Gasteiger partial charge in [-0.1, -0.05) is 24.3 Å². The molecule has 2 aromatic rings. The van der Waals surface area contributed by atoms with Crippen LogP contribution in [0.1, 0.15) is 27.9 Å². The largest absolute Gasteiger partial charge is 0.496 e. The van der Waals surface area contributed by atoms with Gasteiger partial charge in [-0.2, -0.15) is 13.2 Å². The monoisotopic (exact) mass is 436 g/mol. The molecule has 0 saturated carbocycles. The molecule has 0 radical (unpaired) electrons. The van der Waals surface area contributed by atoms with Gasteiger partial charge >= 0.3 is 6.18 Å². The van der Waals surface area contributed by atoms with E-state index in [1.165, 1.54) is 12.1 Å². The van der Waals surface area contributed by atoms with Crippen LogP contribution in [0.2, 0.25) is 0 Å². The van der Waals surface area contributed by atoms with E-state index in [4.69, 9.17) is 9.47 Å². The highest BCUT2D eigenvalue weighted by molar-refractivity contribution is 5.94. The predicted octanol–water partition coefficient (Wildman–Crippen LogP) is 4.08. The van der Waals surface area contributed by atoms with Crippen LogP contribution in [-0.4, -0.2) is 62.2 Å². The van der Waals surface area contributed by atoms with E-state index in [0.29, 0.717) is 31.9 Å². The van der Waals surface area contributed by atoms with Crippen molar-refractivity contribution in [3.05, 3.63) is 65.2 Å². The van der Waals surface area contributed by atoms with Crippen LogP contribution >= 0.6 is 0 Å². The summed E-state index contributed by atoms with van der Waals surface area (Å²) in [7, 11) is 1.55. The number of ether oxygens (including phenoxy) is 2. The molecular formula is C23H27F3N2O3. The molecule has 1 heterocycles. The van der Waals surface area contributed by atoms with Gasteiger partial charge in [0, 0.05) is 43.9 Å². The zero-order valence-corrected chi connectivity index (χ0v) is 17.5. The molecule has 2 aromatic carbocycles. The van der Waals surface area contributed by atoms with Gasteiger partial charge in [-0.15, -0.1) is 0 Å². The third-order valence-electron chi connectivity index (χ3n) is 5.28. The summed E-state index contributed by atoms with van der Waals surface area (Å²) >= 11 is 0. The van der Waals surface area contributed by atoms with Crippen molar-refractivity contribution in [1.82, 2.24) is 9.80 Å². The molecule has 168 valence electrons. The van der Waals surface area contributed by atoms with Crippen molar-refractivity contribution in [2.24, 2.45) is 0 Å². The van der Waals surface area contributed by atoms with Crippen LogP contribution in [0.4, 0.5) is 13.2 Å². The number of halogens is 3. The lowest BCUT2D eigenvalue weighted by Gasteiger charge is -2.29. The normalized spacial score (nSPS) is 15.0. The maximum absolute atomic E-state index is 13.2. The van der Waals surface area contributed by atoms with Gasteiger partial charge in [-0.05, 0) is 30.7 Å². The number of para-hydroxylation sites is 1. The van der Waals surface area contributed by atoms with Crippen molar-refractivity contribution in [3.63, 3.8) is 0 Å². The molecule has 1 amide bonds. The van der Waals surface area contributed by atoms with E-state index in [9.17, 15) is 18.0 Å². The number of carbonyl (C=O) groups excluding carboxylic acids is 1. The average Bonchev–Trinajstić information content (AvgIpc) is 2.78. The van der Waals surface area contributed by atoms with Gasteiger partial charge in [0.25, 0.3) is 5.91 Å². The number of alkyl halides is 3. The highest BCUT2D eigenvalue weighted by atomic mass is 19.4. The molecule has 0 bridgehead atoms. The summed E-state index contributed by atoms with van der Waals surface area (Å²) in [6, 6.07) is 11.9. The zero-order chi connectivity index (χ0) is 22.3. The molecule has 8 heteroatoms. The lowest BCUT2D eigenvalue weighted by Crippen LogP contribution is -2.39. The summed E-state index contributed by atoms with van der Waals surface area (Å²) in [6.45, 7) is 4.53. The molecule has 1 fully saturated rings. The van der Waals surface area contributed by atoms with Crippen LogP contribution in [0.25, 0.3) is 0 Å². The third-order valence-corrected chi connectivity index (χ3v) is 5.28. The maximum atomic E-state index is 13.2. The Morgan fingerprint density at radius 3 is 2.58 bits per heavy atom. The highest BCUT2D eigenvalue weighted by Crippen LogP contribution is 2.30. The van der Waals surface area contributed by atoms with E-state index in [1.54, 1.807) is 18.1 Å². The molecule has 0 atom stereocenters. The fourth-order valence-corrected chi connectivity index (χ4v) is 3.61. The van der Waals surface area contributed by atoms with Crippen molar-refractivity contribution in [3.8, 4) is 5.75 Å². The van der Waals surface area contributed by atoms with Gasteiger partial charge in [-0.25, -0.2) is 0 Å². The Kier molecular flexibility index (Phi) is 7.92. The molecular weight excluding hydrogens is 409 g/mol. The second kappa shape index (κ2) is 10.6. The number of nitrogens with zero attached hydrogens (tertiary/aromatic N) is 2. The second-order valence-electron chi connectivity index (χ2n) is 7.42. The lowest BCUT2D eigenvalue weighted by molar-refractivity contribution is -0.137. The Balaban J connectivity index is 1.77. The Morgan fingerprint density at radius 2 is 1.87 bits per heavy atom. The van der Waals surface area contributed by atoms with Crippen molar-refractivity contribution < 1.29 is 27.4 Å². The first kappa shape index (κ1) is 23.1. The molecule has 31 heavy (non-hydrogen) atoms. The topological polar surface area (TPSA) is 42.0 Å². The van der Waals surface area contributed by atoms with E-state index >= 15 is 0 Å². The molecule has 3 rings (SSSR count). The Morgan fingerprint density at radius 1 is 1.13 bits per heavy atom. The fourth-order valence-electron chi connectivity index (χ4n) is 3.61. The summed E-state index contributed by atoms with van der Waals surface area (Å²) in [6.07, 6.45) is -3.79. The Hall–Kier alpha value is -2.58. The standard InChI is InChI=1S/C23H27F3N2O3/c1-30-21-9-3-2-6-19(21)17-28(11-5-10-27-12-14-31-15-13-27)22(29)18-7-4-8-20(16-18)23(24,25)26/h2-4,6-9,16H,5,10-15,17H2,1H3. The van der Waals surface area contributed by atoms with E-state index < -0.39 is 17.6 Å². The molecule has 0 unspecified atom stereocenters. The summed E-state index contributed by atoms with van der Waals surface area (Å²) in [5.74, 6) is 0.205. The number of hydrogen-bond acceptors (Lipinski definition) is 4. The van der Waals surface area contributed by atoms with Crippen LogP contribution in [0.15, 0.2) is 48.5 Å². The smallest absolute Gasteiger partial charge is 0.416 e. The maximum Gasteiger partial charge on any atom is 0.416 e. The first-order chi connectivity index (χ1) is 14.9. The van der Waals surface area contributed by atoms with Crippen LogP contribution < -0.4 is 4.74 Å². The highest BCUT2D eigenvalue weighted by Gasteiger charge is 2.31. The molecule has 1 aliphatic heterocycles. The van der Waals surface area contributed by atoms with Crippen LogP contribution in [-0.2, 0) is 17.5 Å². The fraction of sp³-hybridized carbons (Fsp3) is 0.435. The van der Waals surface area contributed by atoms with Crippen molar-refractivity contribution in [1.29, 1.82) is 0 Å². The number of benzene rings is 2. The minimum absolute atomic E-state index is 0.0242. The number of amides is 1. The molecule has 0 N–H and O–H groups in total. The van der Waals surface area contributed by atoms with Gasteiger partial charge < -0.3 is 14.4 Å². The summed E-state index contributed by atoms with van der Waals surface area (Å²) in [4.78, 5) is 17.0. The summed E-state index contributed by atoms with van der Waals surface area (Å²) < 4.78 is 50.1. The summed E-state index contributed by atoms with van der Waals surface area (Å²) in [5.41, 5.74) is -0.00305. The summed E-state index contributed by atoms with van der Waals surface area (Å²) in [5, 5.41) is 0. The molecule has 0 aliphatic carbocycles. The number of morpholine rings is 1. The zero-order valence-electron chi connectivity index (χ0n) is 17.5. The molecule has 0 aromatic heterocycles. The second-order valence-corrected chi connectivity index (χ2v) is 7.42.